The van der Waals surface area contributed by atoms with Crippen LogP contribution in [0.25, 0.3) is 0 Å². The van der Waals surface area contributed by atoms with Crippen LogP contribution in [0.3, 0.4) is 0 Å². The Morgan fingerprint density at radius 2 is 0.549 bits per heavy atom. The van der Waals surface area contributed by atoms with Crippen molar-refractivity contribution in [1.29, 1.82) is 0 Å². The maximum absolute atomic E-state index is 12.9. The summed E-state index contributed by atoms with van der Waals surface area (Å²) < 4.78 is 16.9. The molecule has 1 atom stereocenters. The summed E-state index contributed by atoms with van der Waals surface area (Å²) in [7, 11) is 0. The van der Waals surface area contributed by atoms with Crippen LogP contribution in [0.1, 0.15) is 303 Å². The van der Waals surface area contributed by atoms with E-state index in [0.717, 1.165) is 96.3 Å². The molecule has 0 bridgehead atoms. The molecule has 0 heterocycles. The Labute approximate surface area is 440 Å². The van der Waals surface area contributed by atoms with Crippen LogP contribution in [-0.2, 0) is 28.6 Å². The first kappa shape index (κ1) is 67.8. The third-order valence-electron chi connectivity index (χ3n) is 13.2. The van der Waals surface area contributed by atoms with Crippen LogP contribution >= 0.6 is 0 Å². The Hall–Kier alpha value is -3.15. The van der Waals surface area contributed by atoms with Gasteiger partial charge >= 0.3 is 17.9 Å². The van der Waals surface area contributed by atoms with Gasteiger partial charge in [0.1, 0.15) is 13.2 Å². The number of ether oxygens (including phenoxy) is 3. The Kier molecular flexibility index (Phi) is 56.8. The smallest absolute Gasteiger partial charge is 0.306 e. The van der Waals surface area contributed by atoms with Gasteiger partial charge in [-0.2, -0.15) is 0 Å². The van der Waals surface area contributed by atoms with Crippen LogP contribution in [-0.4, -0.2) is 37.2 Å². The van der Waals surface area contributed by atoms with Crippen molar-refractivity contribution in [3.05, 3.63) is 72.9 Å². The van der Waals surface area contributed by atoms with Crippen molar-refractivity contribution in [2.45, 2.75) is 309 Å². The predicted molar refractivity (Wildman–Crippen MR) is 307 cm³/mol. The van der Waals surface area contributed by atoms with Crippen molar-refractivity contribution in [2.24, 2.45) is 0 Å². The van der Waals surface area contributed by atoms with E-state index in [1.54, 1.807) is 0 Å². The highest BCUT2D eigenvalue weighted by atomic mass is 16.6. The minimum absolute atomic E-state index is 0.0850. The molecule has 1 unspecified atom stereocenters. The molecule has 0 rings (SSSR count). The molecule has 0 aromatic carbocycles. The lowest BCUT2D eigenvalue weighted by atomic mass is 10.1. The fourth-order valence-corrected chi connectivity index (χ4v) is 8.60. The number of carbonyl (C=O) groups is 3. The van der Waals surface area contributed by atoms with E-state index in [-0.39, 0.29) is 31.1 Å². The lowest BCUT2D eigenvalue weighted by molar-refractivity contribution is -0.167. The molecule has 0 spiro atoms. The summed E-state index contributed by atoms with van der Waals surface area (Å²) in [4.78, 5) is 38.3. The van der Waals surface area contributed by atoms with Crippen LogP contribution in [0.5, 0.6) is 0 Å². The molecule has 0 N–H and O–H groups in total. The topological polar surface area (TPSA) is 78.9 Å². The number of hydrogen-bond acceptors (Lipinski definition) is 6. The predicted octanol–water partition coefficient (Wildman–Crippen LogP) is 20.5. The van der Waals surface area contributed by atoms with Crippen LogP contribution in [0.15, 0.2) is 72.9 Å². The third-order valence-corrected chi connectivity index (χ3v) is 13.2. The molecule has 71 heavy (non-hydrogen) atoms. The van der Waals surface area contributed by atoms with Crippen LogP contribution in [0, 0.1) is 0 Å². The van der Waals surface area contributed by atoms with Crippen molar-refractivity contribution < 1.29 is 28.6 Å². The minimum Gasteiger partial charge on any atom is -0.462 e. The third kappa shape index (κ3) is 57.6. The van der Waals surface area contributed by atoms with Crippen molar-refractivity contribution >= 4 is 17.9 Å². The van der Waals surface area contributed by atoms with Gasteiger partial charge in [0.05, 0.1) is 0 Å². The van der Waals surface area contributed by atoms with E-state index in [1.165, 1.54) is 167 Å². The number of unbranched alkanes of at least 4 members (excludes halogenated alkanes) is 32. The number of rotatable bonds is 55. The Morgan fingerprint density at radius 3 is 0.873 bits per heavy atom. The molecule has 0 saturated carbocycles. The molecule has 0 aromatic rings. The summed E-state index contributed by atoms with van der Waals surface area (Å²) in [6.07, 6.45) is 76.1. The van der Waals surface area contributed by atoms with Gasteiger partial charge in [0.2, 0.25) is 0 Å². The molecule has 410 valence electrons. The molecule has 6 nitrogen and oxygen atoms in total. The van der Waals surface area contributed by atoms with Gasteiger partial charge in [-0.1, -0.05) is 248 Å². The highest BCUT2D eigenvalue weighted by Gasteiger charge is 2.19. The maximum Gasteiger partial charge on any atom is 0.306 e. The first-order chi connectivity index (χ1) is 35.0. The molecule has 0 fully saturated rings. The van der Waals surface area contributed by atoms with Gasteiger partial charge in [-0.25, -0.2) is 0 Å². The molecule has 0 amide bonds. The molecule has 6 heteroatoms. The summed E-state index contributed by atoms with van der Waals surface area (Å²) in [5.41, 5.74) is 0. The first-order valence-electron chi connectivity index (χ1n) is 30.4. The van der Waals surface area contributed by atoms with E-state index < -0.39 is 6.10 Å². The van der Waals surface area contributed by atoms with Crippen molar-refractivity contribution in [3.8, 4) is 0 Å². The van der Waals surface area contributed by atoms with Crippen LogP contribution in [0.4, 0.5) is 0 Å². The second-order valence-electron chi connectivity index (χ2n) is 20.2. The highest BCUT2D eigenvalue weighted by molar-refractivity contribution is 5.71. The van der Waals surface area contributed by atoms with E-state index >= 15 is 0 Å². The lowest BCUT2D eigenvalue weighted by Gasteiger charge is -2.18. The standard InChI is InChI=1S/C65H114O6/c1-4-7-10-13-16-19-22-25-28-31-33-35-37-40-43-46-49-52-55-58-64(67)70-61-62(60-69-63(66)57-54-51-48-45-42-39-36-30-27-24-21-18-15-12-9-6-3)71-65(68)59-56-53-50-47-44-41-38-34-32-29-26-23-20-17-14-11-8-5-2/h7,10,16,19,25,28-30,32-33,35-36,62H,4-6,8-9,11-15,17-18,20-24,26-27,31,34,37-61H2,1-3H3/b10-7-,19-16-,28-25-,32-29-,35-33-,36-30-. The van der Waals surface area contributed by atoms with Gasteiger partial charge in [0, 0.05) is 19.3 Å². The van der Waals surface area contributed by atoms with E-state index in [2.05, 4.69) is 93.7 Å². The van der Waals surface area contributed by atoms with Crippen LogP contribution < -0.4 is 0 Å². The van der Waals surface area contributed by atoms with E-state index in [1.807, 2.05) is 0 Å². The zero-order valence-electron chi connectivity index (χ0n) is 47.0. The lowest BCUT2D eigenvalue weighted by Crippen LogP contribution is -2.30. The zero-order valence-corrected chi connectivity index (χ0v) is 47.0. The normalized spacial score (nSPS) is 12.5. The van der Waals surface area contributed by atoms with Gasteiger partial charge in [-0.3, -0.25) is 14.4 Å². The Bertz CT molecular complexity index is 1320. The Balaban J connectivity index is 4.41. The molecule has 0 radical (unpaired) electrons. The molecule has 0 aromatic heterocycles. The number of hydrogen-bond donors (Lipinski definition) is 0. The SMILES string of the molecule is CC/C=C\C/C=C\C/C=C\C/C=C\CCCCCCCCC(=O)OCC(COC(=O)CCCCCCC/C=C\CCCCCCCCC)OC(=O)CCCCCCCCC/C=C\CCCCCCCCC. The van der Waals surface area contributed by atoms with Gasteiger partial charge in [0.25, 0.3) is 0 Å². The highest BCUT2D eigenvalue weighted by Crippen LogP contribution is 2.15. The monoisotopic (exact) mass is 991 g/mol. The quantitative estimate of drug-likeness (QED) is 0.0261. The fourth-order valence-electron chi connectivity index (χ4n) is 8.60. The van der Waals surface area contributed by atoms with E-state index in [9.17, 15) is 14.4 Å². The number of allylic oxidation sites excluding steroid dienone is 12. The zero-order chi connectivity index (χ0) is 51.4. The summed E-state index contributed by atoms with van der Waals surface area (Å²) in [6.45, 7) is 6.53. The molecule has 0 aliphatic rings. The minimum atomic E-state index is -0.788. The second kappa shape index (κ2) is 59.4. The summed E-state index contributed by atoms with van der Waals surface area (Å²) >= 11 is 0. The van der Waals surface area contributed by atoms with Crippen molar-refractivity contribution in [3.63, 3.8) is 0 Å². The average molecular weight is 992 g/mol. The summed E-state index contributed by atoms with van der Waals surface area (Å²) in [5.74, 6) is -0.899. The van der Waals surface area contributed by atoms with E-state index in [0.29, 0.717) is 19.3 Å². The number of esters is 3. The summed E-state index contributed by atoms with van der Waals surface area (Å²) in [6, 6.07) is 0. The van der Waals surface area contributed by atoms with Crippen LogP contribution in [0.2, 0.25) is 0 Å². The first-order valence-corrected chi connectivity index (χ1v) is 30.4. The molecule has 0 saturated heterocycles. The second-order valence-corrected chi connectivity index (χ2v) is 20.2. The van der Waals surface area contributed by atoms with Crippen molar-refractivity contribution in [1.82, 2.24) is 0 Å². The van der Waals surface area contributed by atoms with Gasteiger partial charge in [0.15, 0.2) is 6.10 Å². The molecular formula is C65H114O6. The largest absolute Gasteiger partial charge is 0.462 e. The molecular weight excluding hydrogens is 877 g/mol. The molecule has 0 aliphatic heterocycles. The number of carbonyl (C=O) groups excluding carboxylic acids is 3. The van der Waals surface area contributed by atoms with Gasteiger partial charge in [-0.05, 0) is 109 Å². The van der Waals surface area contributed by atoms with E-state index in [4.69, 9.17) is 14.2 Å². The maximum atomic E-state index is 12.9. The average Bonchev–Trinajstić information content (AvgIpc) is 3.37. The fraction of sp³-hybridized carbons (Fsp3) is 0.769. The van der Waals surface area contributed by atoms with Gasteiger partial charge in [-0.15, -0.1) is 0 Å². The molecule has 0 aliphatic carbocycles. The summed E-state index contributed by atoms with van der Waals surface area (Å²) in [5, 5.41) is 0. The van der Waals surface area contributed by atoms with Gasteiger partial charge < -0.3 is 14.2 Å². The van der Waals surface area contributed by atoms with Crippen molar-refractivity contribution in [2.75, 3.05) is 13.2 Å². The Morgan fingerprint density at radius 1 is 0.296 bits per heavy atom.